The Hall–Kier alpha value is -2.51. The zero-order chi connectivity index (χ0) is 20.6. The molecule has 1 aliphatic rings. The first-order valence-corrected chi connectivity index (χ1v) is 10.2. The van der Waals surface area contributed by atoms with E-state index in [-0.39, 0.29) is 36.6 Å². The number of piperidine rings is 1. The number of carbonyl (C=O) groups is 2. The number of halogens is 1. The molecule has 0 radical (unpaired) electrons. The van der Waals surface area contributed by atoms with Crippen molar-refractivity contribution in [3.63, 3.8) is 0 Å². The minimum Gasteiger partial charge on any atom is -0.396 e. The van der Waals surface area contributed by atoms with Crippen LogP contribution in [0.4, 0.5) is 4.39 Å². The van der Waals surface area contributed by atoms with Crippen LogP contribution in [0.3, 0.4) is 0 Å². The third kappa shape index (κ3) is 5.98. The molecule has 2 aromatic rings. The fourth-order valence-electron chi connectivity index (χ4n) is 3.60. The fourth-order valence-corrected chi connectivity index (χ4v) is 3.60. The Bertz CT molecular complexity index is 844. The summed E-state index contributed by atoms with van der Waals surface area (Å²) in [6.45, 7) is 1.74. The largest absolute Gasteiger partial charge is 0.396 e. The number of nitrogens with one attached hydrogen (secondary N) is 2. The summed E-state index contributed by atoms with van der Waals surface area (Å²) in [7, 11) is 0. The standard InChI is InChI=1S/C22H28FN3O3/c23-17-5-3-7-19(12-17)26-14-16(11-20(28)8-1-2-10-27)21(15-26)22(29)25-18-6-4-9-24-13-18/h3,5,7,12,14-15,18,24,27H,1-2,4,6,8-11,13H2,(H,25,29)/t18-/m0/s1. The average Bonchev–Trinajstić information content (AvgIpc) is 3.13. The van der Waals surface area contributed by atoms with Crippen molar-refractivity contribution in [2.24, 2.45) is 0 Å². The average molecular weight is 401 g/mol. The highest BCUT2D eigenvalue weighted by Gasteiger charge is 2.21. The Labute approximate surface area is 170 Å². The van der Waals surface area contributed by atoms with Gasteiger partial charge in [-0.1, -0.05) is 6.07 Å². The molecule has 1 saturated heterocycles. The van der Waals surface area contributed by atoms with E-state index in [4.69, 9.17) is 5.11 Å². The van der Waals surface area contributed by atoms with E-state index in [1.165, 1.54) is 12.1 Å². The van der Waals surface area contributed by atoms with Gasteiger partial charge in [0, 0.05) is 50.1 Å². The number of amides is 1. The van der Waals surface area contributed by atoms with Gasteiger partial charge >= 0.3 is 0 Å². The van der Waals surface area contributed by atoms with Crippen LogP contribution in [0.25, 0.3) is 5.69 Å². The predicted molar refractivity (Wildman–Crippen MR) is 109 cm³/mol. The van der Waals surface area contributed by atoms with E-state index in [1.54, 1.807) is 29.1 Å². The van der Waals surface area contributed by atoms with Gasteiger partial charge in [0.25, 0.3) is 5.91 Å². The summed E-state index contributed by atoms with van der Waals surface area (Å²) in [6, 6.07) is 6.17. The van der Waals surface area contributed by atoms with Crippen LogP contribution in [-0.2, 0) is 11.2 Å². The third-order valence-corrected chi connectivity index (χ3v) is 5.14. The van der Waals surface area contributed by atoms with Crippen LogP contribution in [-0.4, -0.2) is 47.1 Å². The van der Waals surface area contributed by atoms with Gasteiger partial charge in [-0.05, 0) is 56.0 Å². The summed E-state index contributed by atoms with van der Waals surface area (Å²) in [5.74, 6) is -0.562. The molecular formula is C22H28FN3O3. The first-order chi connectivity index (χ1) is 14.1. The van der Waals surface area contributed by atoms with E-state index >= 15 is 0 Å². The normalized spacial score (nSPS) is 16.6. The summed E-state index contributed by atoms with van der Waals surface area (Å²) >= 11 is 0. The molecule has 6 nitrogen and oxygen atoms in total. The molecule has 1 atom stereocenters. The number of ketones is 1. The molecule has 0 bridgehead atoms. The van der Waals surface area contributed by atoms with Crippen molar-refractivity contribution >= 4 is 11.7 Å². The van der Waals surface area contributed by atoms with Crippen molar-refractivity contribution in [3.8, 4) is 5.69 Å². The van der Waals surface area contributed by atoms with Gasteiger partial charge in [-0.15, -0.1) is 0 Å². The molecule has 1 fully saturated rings. The lowest BCUT2D eigenvalue weighted by Crippen LogP contribution is -2.45. The van der Waals surface area contributed by atoms with Gasteiger partial charge in [0.1, 0.15) is 11.6 Å². The summed E-state index contributed by atoms with van der Waals surface area (Å²) in [5.41, 5.74) is 1.66. The zero-order valence-electron chi connectivity index (χ0n) is 16.5. The monoisotopic (exact) mass is 401 g/mol. The molecule has 0 saturated carbocycles. The number of aromatic nitrogens is 1. The van der Waals surface area contributed by atoms with Gasteiger partial charge in [0.05, 0.1) is 5.56 Å². The van der Waals surface area contributed by atoms with Gasteiger partial charge in [0.15, 0.2) is 0 Å². The smallest absolute Gasteiger partial charge is 0.253 e. The van der Waals surface area contributed by atoms with Crippen LogP contribution >= 0.6 is 0 Å². The van der Waals surface area contributed by atoms with Gasteiger partial charge in [0.2, 0.25) is 0 Å². The lowest BCUT2D eigenvalue weighted by molar-refractivity contribution is -0.118. The first-order valence-electron chi connectivity index (χ1n) is 10.2. The molecule has 0 spiro atoms. The number of Topliss-reactive ketones (excluding diaryl/α,β-unsaturated/α-hetero) is 1. The second kappa shape index (κ2) is 10.3. The van der Waals surface area contributed by atoms with Gasteiger partial charge in [-0.25, -0.2) is 4.39 Å². The van der Waals surface area contributed by atoms with Gasteiger partial charge < -0.3 is 20.3 Å². The maximum Gasteiger partial charge on any atom is 0.253 e. The summed E-state index contributed by atoms with van der Waals surface area (Å²) in [5, 5.41) is 15.2. The minimum atomic E-state index is -0.364. The maximum absolute atomic E-state index is 13.6. The van der Waals surface area contributed by atoms with Crippen molar-refractivity contribution < 1.29 is 19.1 Å². The molecule has 3 rings (SSSR count). The van der Waals surface area contributed by atoms with E-state index in [9.17, 15) is 14.0 Å². The van der Waals surface area contributed by atoms with Crippen LogP contribution in [0.2, 0.25) is 0 Å². The van der Waals surface area contributed by atoms with Crippen molar-refractivity contribution in [3.05, 3.63) is 53.6 Å². The summed E-state index contributed by atoms with van der Waals surface area (Å²) in [4.78, 5) is 25.3. The second-order valence-corrected chi connectivity index (χ2v) is 7.50. The van der Waals surface area contributed by atoms with E-state index in [0.29, 0.717) is 36.1 Å². The Morgan fingerprint density at radius 2 is 2.14 bits per heavy atom. The van der Waals surface area contributed by atoms with E-state index in [1.807, 2.05) is 0 Å². The number of hydrogen-bond donors (Lipinski definition) is 3. The number of hydrogen-bond acceptors (Lipinski definition) is 4. The third-order valence-electron chi connectivity index (χ3n) is 5.14. The molecule has 156 valence electrons. The van der Waals surface area contributed by atoms with E-state index < -0.39 is 0 Å². The highest BCUT2D eigenvalue weighted by Crippen LogP contribution is 2.19. The fraction of sp³-hybridized carbons (Fsp3) is 0.455. The maximum atomic E-state index is 13.6. The van der Waals surface area contributed by atoms with Crippen LogP contribution < -0.4 is 10.6 Å². The highest BCUT2D eigenvalue weighted by atomic mass is 19.1. The van der Waals surface area contributed by atoms with E-state index in [0.717, 1.165) is 25.9 Å². The van der Waals surface area contributed by atoms with Crippen LogP contribution in [0, 0.1) is 5.82 Å². The zero-order valence-corrected chi connectivity index (χ0v) is 16.5. The van der Waals surface area contributed by atoms with Crippen LogP contribution in [0.5, 0.6) is 0 Å². The van der Waals surface area contributed by atoms with Gasteiger partial charge in [-0.2, -0.15) is 0 Å². The predicted octanol–water partition coefficient (Wildman–Crippen LogP) is 2.37. The number of benzene rings is 1. The summed E-state index contributed by atoms with van der Waals surface area (Å²) in [6.07, 6.45) is 7.01. The number of nitrogens with zero attached hydrogens (tertiary/aromatic N) is 1. The van der Waals surface area contributed by atoms with Crippen LogP contribution in [0.1, 0.15) is 48.0 Å². The second-order valence-electron chi connectivity index (χ2n) is 7.50. The quantitative estimate of drug-likeness (QED) is 0.564. The topological polar surface area (TPSA) is 83.4 Å². The number of rotatable bonds is 9. The number of unbranched alkanes of at least 4 members (excludes halogenated alkanes) is 1. The van der Waals surface area contributed by atoms with Crippen molar-refractivity contribution in [1.82, 2.24) is 15.2 Å². The molecule has 2 heterocycles. The van der Waals surface area contributed by atoms with Gasteiger partial charge in [-0.3, -0.25) is 9.59 Å². The molecule has 1 aliphatic heterocycles. The Kier molecular flexibility index (Phi) is 7.55. The number of carbonyl (C=O) groups excluding carboxylic acids is 2. The van der Waals surface area contributed by atoms with Crippen molar-refractivity contribution in [1.29, 1.82) is 0 Å². The Morgan fingerprint density at radius 3 is 2.86 bits per heavy atom. The molecule has 7 heteroatoms. The Morgan fingerprint density at radius 1 is 1.28 bits per heavy atom. The molecule has 3 N–H and O–H groups in total. The summed E-state index contributed by atoms with van der Waals surface area (Å²) < 4.78 is 15.3. The number of aliphatic hydroxyl groups is 1. The molecular weight excluding hydrogens is 373 g/mol. The Balaban J connectivity index is 1.81. The molecule has 1 amide bonds. The minimum absolute atomic E-state index is 0.0174. The lowest BCUT2D eigenvalue weighted by atomic mass is 10.0. The highest BCUT2D eigenvalue weighted by molar-refractivity contribution is 5.97. The SMILES string of the molecule is O=C(CCCCO)Cc1cn(-c2cccc(F)c2)cc1C(=O)N[C@H]1CCCNC1. The van der Waals surface area contributed by atoms with Crippen molar-refractivity contribution in [2.75, 3.05) is 19.7 Å². The number of aliphatic hydroxyl groups excluding tert-OH is 1. The lowest BCUT2D eigenvalue weighted by Gasteiger charge is -2.23. The molecule has 29 heavy (non-hydrogen) atoms. The molecule has 1 aromatic heterocycles. The first kappa shape index (κ1) is 21.2. The molecule has 1 aromatic carbocycles. The van der Waals surface area contributed by atoms with Crippen LogP contribution in [0.15, 0.2) is 36.7 Å². The molecule has 0 aliphatic carbocycles. The van der Waals surface area contributed by atoms with E-state index in [2.05, 4.69) is 10.6 Å². The van der Waals surface area contributed by atoms with Crippen molar-refractivity contribution in [2.45, 2.75) is 44.6 Å². The molecule has 0 unspecified atom stereocenters.